The van der Waals surface area contributed by atoms with Gasteiger partial charge in [-0.25, -0.2) is 4.68 Å². The maximum Gasteiger partial charge on any atom is 0.416 e. The molecule has 170 valence electrons. The van der Waals surface area contributed by atoms with Gasteiger partial charge in [-0.05, 0) is 49.2 Å². The molecule has 0 saturated carbocycles. The molecule has 0 unspecified atom stereocenters. The first kappa shape index (κ1) is 22.3. The summed E-state index contributed by atoms with van der Waals surface area (Å²) in [5, 5.41) is 11.3. The molecule has 0 saturated heterocycles. The van der Waals surface area contributed by atoms with Gasteiger partial charge in [-0.15, -0.1) is 0 Å². The van der Waals surface area contributed by atoms with Crippen molar-refractivity contribution in [1.29, 1.82) is 0 Å². The van der Waals surface area contributed by atoms with Crippen LogP contribution in [0.2, 0.25) is 0 Å². The molecular weight excluding hydrogens is 437 g/mol. The summed E-state index contributed by atoms with van der Waals surface area (Å²) < 4.78 is 45.2. The number of nitrogens with one attached hydrogen (secondary N) is 1. The van der Waals surface area contributed by atoms with E-state index in [1.54, 1.807) is 25.1 Å². The highest BCUT2D eigenvalue weighted by molar-refractivity contribution is 5.94. The van der Waals surface area contributed by atoms with Gasteiger partial charge in [-0.3, -0.25) is 9.59 Å². The fourth-order valence-electron chi connectivity index (χ4n) is 3.54. The van der Waals surface area contributed by atoms with Crippen LogP contribution in [-0.4, -0.2) is 20.8 Å². The number of fused-ring (bicyclic) bond motifs is 1. The molecule has 0 bridgehead atoms. The Morgan fingerprint density at radius 2 is 1.82 bits per heavy atom. The lowest BCUT2D eigenvalue weighted by atomic mass is 10.0. The standard InChI is InChI=1S/C23H19F3N4O3/c1-12-4-9-17(27-14(3)31)10-18(12)20-21-19(13(2)29-33-21)22(32)30(28-20)11-15-5-7-16(8-6-15)23(24,25)26/h4-10H,11H2,1-3H3,(H,27,31). The Hall–Kier alpha value is -3.95. The van der Waals surface area contributed by atoms with Crippen LogP contribution in [0.1, 0.15) is 29.3 Å². The maximum absolute atomic E-state index is 13.1. The van der Waals surface area contributed by atoms with Crippen molar-refractivity contribution in [3.63, 3.8) is 0 Å². The fourth-order valence-corrected chi connectivity index (χ4v) is 3.54. The third-order valence-electron chi connectivity index (χ3n) is 5.17. The summed E-state index contributed by atoms with van der Waals surface area (Å²) in [6, 6.07) is 9.79. The molecule has 2 heterocycles. The van der Waals surface area contributed by atoms with Crippen LogP contribution in [-0.2, 0) is 17.5 Å². The van der Waals surface area contributed by atoms with Crippen molar-refractivity contribution in [2.45, 2.75) is 33.5 Å². The first-order chi connectivity index (χ1) is 15.5. The first-order valence-electron chi connectivity index (χ1n) is 9.96. The predicted molar refractivity (Wildman–Crippen MR) is 116 cm³/mol. The van der Waals surface area contributed by atoms with E-state index in [1.807, 2.05) is 6.92 Å². The number of alkyl halides is 3. The van der Waals surface area contributed by atoms with Crippen LogP contribution in [0.15, 0.2) is 51.8 Å². The van der Waals surface area contributed by atoms with Gasteiger partial charge < -0.3 is 9.84 Å². The van der Waals surface area contributed by atoms with E-state index in [0.29, 0.717) is 28.2 Å². The van der Waals surface area contributed by atoms with Crippen molar-refractivity contribution in [3.8, 4) is 11.3 Å². The summed E-state index contributed by atoms with van der Waals surface area (Å²) in [5.74, 6) is -0.245. The fraction of sp³-hybridized carbons (Fsp3) is 0.217. The lowest BCUT2D eigenvalue weighted by Gasteiger charge is -2.12. The highest BCUT2D eigenvalue weighted by Crippen LogP contribution is 2.31. The van der Waals surface area contributed by atoms with Crippen LogP contribution in [0, 0.1) is 13.8 Å². The molecule has 0 fully saturated rings. The van der Waals surface area contributed by atoms with Gasteiger partial charge in [0.1, 0.15) is 11.1 Å². The summed E-state index contributed by atoms with van der Waals surface area (Å²) in [4.78, 5) is 24.6. The van der Waals surface area contributed by atoms with Gasteiger partial charge in [0, 0.05) is 18.2 Å². The molecule has 2 aromatic carbocycles. The highest BCUT2D eigenvalue weighted by atomic mass is 19.4. The number of benzene rings is 2. The number of hydrogen-bond donors (Lipinski definition) is 1. The van der Waals surface area contributed by atoms with E-state index in [2.05, 4.69) is 15.6 Å². The van der Waals surface area contributed by atoms with Crippen LogP contribution in [0.3, 0.4) is 0 Å². The van der Waals surface area contributed by atoms with E-state index in [0.717, 1.165) is 17.7 Å². The van der Waals surface area contributed by atoms with Gasteiger partial charge >= 0.3 is 6.18 Å². The van der Waals surface area contributed by atoms with Crippen molar-refractivity contribution in [2.75, 3.05) is 5.32 Å². The zero-order valence-corrected chi connectivity index (χ0v) is 17.9. The Balaban J connectivity index is 1.85. The zero-order chi connectivity index (χ0) is 23.9. The monoisotopic (exact) mass is 456 g/mol. The van der Waals surface area contributed by atoms with Gasteiger partial charge in [0.05, 0.1) is 17.8 Å². The van der Waals surface area contributed by atoms with E-state index in [-0.39, 0.29) is 23.4 Å². The molecule has 10 heteroatoms. The minimum absolute atomic E-state index is 0.0467. The number of nitrogens with zero attached hydrogens (tertiary/aromatic N) is 3. The van der Waals surface area contributed by atoms with Crippen LogP contribution in [0.4, 0.5) is 18.9 Å². The average molecular weight is 456 g/mol. The Morgan fingerprint density at radius 3 is 2.45 bits per heavy atom. The number of anilines is 1. The van der Waals surface area contributed by atoms with Crippen molar-refractivity contribution in [3.05, 3.63) is 75.2 Å². The molecule has 0 atom stereocenters. The number of rotatable bonds is 4. The molecule has 4 rings (SSSR count). The molecule has 1 N–H and O–H groups in total. The average Bonchev–Trinajstić information content (AvgIpc) is 3.13. The molecule has 0 aliphatic heterocycles. The first-order valence-corrected chi connectivity index (χ1v) is 9.96. The van der Waals surface area contributed by atoms with Gasteiger partial charge in [-0.2, -0.15) is 18.3 Å². The maximum atomic E-state index is 13.1. The Bertz CT molecular complexity index is 1420. The molecule has 0 radical (unpaired) electrons. The van der Waals surface area contributed by atoms with E-state index < -0.39 is 17.3 Å². The predicted octanol–water partition coefficient (Wildman–Crippen LogP) is 4.69. The smallest absolute Gasteiger partial charge is 0.353 e. The lowest BCUT2D eigenvalue weighted by molar-refractivity contribution is -0.137. The highest BCUT2D eigenvalue weighted by Gasteiger charge is 2.30. The normalized spacial score (nSPS) is 11.7. The van der Waals surface area contributed by atoms with E-state index in [4.69, 9.17) is 4.52 Å². The van der Waals surface area contributed by atoms with Gasteiger partial charge in [0.25, 0.3) is 5.56 Å². The van der Waals surface area contributed by atoms with Crippen LogP contribution >= 0.6 is 0 Å². The quantitative estimate of drug-likeness (QED) is 0.481. The van der Waals surface area contributed by atoms with Gasteiger partial charge in [0.2, 0.25) is 11.5 Å². The second kappa shape index (κ2) is 8.19. The van der Waals surface area contributed by atoms with Gasteiger partial charge in [0.15, 0.2) is 0 Å². The lowest BCUT2D eigenvalue weighted by Crippen LogP contribution is -2.24. The Kier molecular flexibility index (Phi) is 5.52. The largest absolute Gasteiger partial charge is 0.416 e. The minimum Gasteiger partial charge on any atom is -0.353 e. The number of amides is 1. The topological polar surface area (TPSA) is 90.0 Å². The number of aromatic nitrogens is 3. The summed E-state index contributed by atoms with van der Waals surface area (Å²) in [7, 11) is 0. The molecule has 0 spiro atoms. The van der Waals surface area contributed by atoms with Crippen LogP contribution in [0.5, 0.6) is 0 Å². The molecule has 1 amide bonds. The number of halogens is 3. The van der Waals surface area contributed by atoms with Crippen molar-refractivity contribution < 1.29 is 22.5 Å². The summed E-state index contributed by atoms with van der Waals surface area (Å²) in [6.45, 7) is 4.81. The second-order valence-electron chi connectivity index (χ2n) is 7.69. The minimum atomic E-state index is -4.45. The summed E-state index contributed by atoms with van der Waals surface area (Å²) >= 11 is 0. The van der Waals surface area contributed by atoms with Crippen molar-refractivity contribution >= 4 is 22.6 Å². The molecule has 2 aromatic heterocycles. The zero-order valence-electron chi connectivity index (χ0n) is 17.9. The number of carbonyl (C=O) groups excluding carboxylic acids is 1. The SMILES string of the molecule is CC(=O)Nc1ccc(C)c(-c2nn(Cc3ccc(C(F)(F)F)cc3)c(=O)c3c(C)noc23)c1. The third-order valence-corrected chi connectivity index (χ3v) is 5.17. The Labute approximate surface area is 185 Å². The van der Waals surface area contributed by atoms with Crippen molar-refractivity contribution in [2.24, 2.45) is 0 Å². The Morgan fingerprint density at radius 1 is 1.12 bits per heavy atom. The third kappa shape index (κ3) is 4.36. The van der Waals surface area contributed by atoms with Gasteiger partial charge in [-0.1, -0.05) is 23.4 Å². The number of aryl methyl sites for hydroxylation is 2. The molecule has 33 heavy (non-hydrogen) atoms. The molecule has 7 nitrogen and oxygen atoms in total. The molecule has 0 aliphatic rings. The summed E-state index contributed by atoms with van der Waals surface area (Å²) in [6.07, 6.45) is -4.45. The summed E-state index contributed by atoms with van der Waals surface area (Å²) in [5.41, 5.74) is 2.10. The molecular formula is C23H19F3N4O3. The number of carbonyl (C=O) groups is 1. The molecule has 0 aliphatic carbocycles. The van der Waals surface area contributed by atoms with Crippen molar-refractivity contribution in [1.82, 2.24) is 14.9 Å². The van der Waals surface area contributed by atoms with E-state index in [1.165, 1.54) is 23.7 Å². The molecule has 4 aromatic rings. The van der Waals surface area contributed by atoms with E-state index >= 15 is 0 Å². The number of hydrogen-bond acceptors (Lipinski definition) is 5. The van der Waals surface area contributed by atoms with Crippen LogP contribution in [0.25, 0.3) is 22.2 Å². The second-order valence-corrected chi connectivity index (χ2v) is 7.69. The van der Waals surface area contributed by atoms with Crippen LogP contribution < -0.4 is 10.9 Å². The van der Waals surface area contributed by atoms with E-state index in [9.17, 15) is 22.8 Å².